The lowest BCUT2D eigenvalue weighted by atomic mass is 10.0. The first kappa shape index (κ1) is 29.6. The second-order valence-corrected chi connectivity index (χ2v) is 12.5. The molecule has 4 aromatic carbocycles. The lowest BCUT2D eigenvalue weighted by Crippen LogP contribution is -2.55. The number of aromatic nitrogens is 3. The van der Waals surface area contributed by atoms with Crippen LogP contribution < -0.4 is 0 Å². The molecule has 0 aliphatic carbocycles. The molecule has 0 saturated carbocycles. The number of benzene rings is 4. The Balaban J connectivity index is 1.05. The van der Waals surface area contributed by atoms with Gasteiger partial charge < -0.3 is 9.80 Å². The van der Waals surface area contributed by atoms with E-state index in [1.165, 1.54) is 11.1 Å². The van der Waals surface area contributed by atoms with Crippen molar-refractivity contribution in [3.63, 3.8) is 0 Å². The van der Waals surface area contributed by atoms with Gasteiger partial charge in [0.1, 0.15) is 5.82 Å². The lowest BCUT2D eigenvalue weighted by molar-refractivity contribution is -0.133. The van der Waals surface area contributed by atoms with Crippen molar-refractivity contribution in [1.82, 2.24) is 24.6 Å². The molecule has 1 saturated heterocycles. The summed E-state index contributed by atoms with van der Waals surface area (Å²) >= 11 is 1.64. The van der Waals surface area contributed by atoms with E-state index in [4.69, 9.17) is 0 Å². The Morgan fingerprint density at radius 3 is 2.48 bits per heavy atom. The van der Waals surface area contributed by atoms with Gasteiger partial charge in [-0.15, -0.1) is 10.2 Å². The SMILES string of the molecule is Cc1cccc(-n2c(Cc3ccccc3)nnc2SCCCC(=O)N2CCN(C(=O)c3cccc4ccccc34)C(C)C2)c1. The van der Waals surface area contributed by atoms with E-state index in [1.54, 1.807) is 11.8 Å². The Morgan fingerprint density at radius 2 is 1.66 bits per heavy atom. The van der Waals surface area contributed by atoms with Gasteiger partial charge >= 0.3 is 0 Å². The second-order valence-electron chi connectivity index (χ2n) is 11.4. The molecule has 7 nitrogen and oxygen atoms in total. The zero-order chi connectivity index (χ0) is 30.5. The van der Waals surface area contributed by atoms with Crippen LogP contribution in [-0.2, 0) is 11.2 Å². The van der Waals surface area contributed by atoms with Gasteiger partial charge in [0.25, 0.3) is 5.91 Å². The third kappa shape index (κ3) is 6.55. The summed E-state index contributed by atoms with van der Waals surface area (Å²) in [6.07, 6.45) is 1.89. The number of amides is 2. The molecule has 0 spiro atoms. The second kappa shape index (κ2) is 13.5. The number of thioether (sulfide) groups is 1. The number of piperazine rings is 1. The van der Waals surface area contributed by atoms with Crippen LogP contribution in [0.5, 0.6) is 0 Å². The highest BCUT2D eigenvalue weighted by Gasteiger charge is 2.30. The smallest absolute Gasteiger partial charge is 0.254 e. The van der Waals surface area contributed by atoms with Crippen LogP contribution >= 0.6 is 11.8 Å². The van der Waals surface area contributed by atoms with E-state index in [-0.39, 0.29) is 17.9 Å². The van der Waals surface area contributed by atoms with Crippen molar-refractivity contribution < 1.29 is 9.59 Å². The summed E-state index contributed by atoms with van der Waals surface area (Å²) in [4.78, 5) is 30.5. The van der Waals surface area contributed by atoms with Crippen molar-refractivity contribution >= 4 is 34.3 Å². The van der Waals surface area contributed by atoms with Gasteiger partial charge in [-0.25, -0.2) is 0 Å². The minimum Gasteiger partial charge on any atom is -0.339 e. The minimum absolute atomic E-state index is 0.0298. The van der Waals surface area contributed by atoms with E-state index < -0.39 is 0 Å². The van der Waals surface area contributed by atoms with Crippen molar-refractivity contribution in [2.24, 2.45) is 0 Å². The molecule has 1 atom stereocenters. The maximum absolute atomic E-state index is 13.5. The van der Waals surface area contributed by atoms with Crippen molar-refractivity contribution in [3.05, 3.63) is 120 Å². The Kier molecular flexibility index (Phi) is 9.07. The average Bonchev–Trinajstić information content (AvgIpc) is 3.44. The van der Waals surface area contributed by atoms with E-state index in [9.17, 15) is 9.59 Å². The predicted molar refractivity (Wildman–Crippen MR) is 176 cm³/mol. The minimum atomic E-state index is -0.0514. The van der Waals surface area contributed by atoms with Crippen LogP contribution in [0.3, 0.4) is 0 Å². The summed E-state index contributed by atoms with van der Waals surface area (Å²) in [5, 5.41) is 12.0. The van der Waals surface area contributed by atoms with Gasteiger partial charge in [-0.1, -0.05) is 90.6 Å². The lowest BCUT2D eigenvalue weighted by Gasteiger charge is -2.40. The highest BCUT2D eigenvalue weighted by atomic mass is 32.2. The van der Waals surface area contributed by atoms with E-state index in [2.05, 4.69) is 58.1 Å². The highest BCUT2D eigenvalue weighted by molar-refractivity contribution is 7.99. The quantitative estimate of drug-likeness (QED) is 0.141. The fraction of sp³-hybridized carbons (Fsp3) is 0.278. The fourth-order valence-electron chi connectivity index (χ4n) is 5.91. The molecule has 2 amide bonds. The largest absolute Gasteiger partial charge is 0.339 e. The van der Waals surface area contributed by atoms with Crippen LogP contribution in [-0.4, -0.2) is 67.8 Å². The van der Waals surface area contributed by atoms with Crippen LogP contribution in [0.2, 0.25) is 0 Å². The molecular weight excluding hydrogens is 566 g/mol. The van der Waals surface area contributed by atoms with Gasteiger partial charge in [0, 0.05) is 55.5 Å². The highest BCUT2D eigenvalue weighted by Crippen LogP contribution is 2.26. The van der Waals surface area contributed by atoms with Crippen molar-refractivity contribution in [2.45, 2.75) is 44.3 Å². The molecule has 2 heterocycles. The van der Waals surface area contributed by atoms with Gasteiger partial charge in [-0.2, -0.15) is 0 Å². The Bertz CT molecular complexity index is 1760. The zero-order valence-electron chi connectivity index (χ0n) is 25.2. The van der Waals surface area contributed by atoms with Crippen molar-refractivity contribution in [2.75, 3.05) is 25.4 Å². The first-order chi connectivity index (χ1) is 21.5. The number of carbonyl (C=O) groups excluding carboxylic acids is 2. The molecular formula is C36H37N5O2S. The number of aryl methyl sites for hydroxylation is 1. The van der Waals surface area contributed by atoms with Gasteiger partial charge in [-0.3, -0.25) is 14.2 Å². The summed E-state index contributed by atoms with van der Waals surface area (Å²) in [5.41, 5.74) is 4.13. The fourth-order valence-corrected chi connectivity index (χ4v) is 6.82. The number of hydrogen-bond acceptors (Lipinski definition) is 5. The van der Waals surface area contributed by atoms with Crippen LogP contribution in [0.1, 0.15) is 47.1 Å². The van der Waals surface area contributed by atoms with Crippen LogP contribution in [0.4, 0.5) is 0 Å². The number of nitrogens with zero attached hydrogens (tertiary/aromatic N) is 5. The molecule has 224 valence electrons. The predicted octanol–water partition coefficient (Wildman–Crippen LogP) is 6.57. The van der Waals surface area contributed by atoms with Gasteiger partial charge in [0.15, 0.2) is 5.16 Å². The molecule has 1 unspecified atom stereocenters. The molecule has 8 heteroatoms. The normalized spacial score (nSPS) is 15.1. The van der Waals surface area contributed by atoms with Crippen molar-refractivity contribution in [1.29, 1.82) is 0 Å². The first-order valence-corrected chi connectivity index (χ1v) is 16.2. The summed E-state index contributed by atoms with van der Waals surface area (Å²) in [6.45, 7) is 5.75. The van der Waals surface area contributed by atoms with E-state index in [0.717, 1.165) is 45.2 Å². The van der Waals surface area contributed by atoms with E-state index in [1.807, 2.05) is 77.4 Å². The monoisotopic (exact) mass is 603 g/mol. The summed E-state index contributed by atoms with van der Waals surface area (Å²) in [6, 6.07) is 32.5. The molecule has 0 radical (unpaired) electrons. The molecule has 1 aliphatic heterocycles. The molecule has 1 aromatic heterocycles. The molecule has 44 heavy (non-hydrogen) atoms. The molecule has 0 bridgehead atoms. The van der Waals surface area contributed by atoms with Gasteiger partial charge in [-0.05, 0) is 60.4 Å². The third-order valence-corrected chi connectivity index (χ3v) is 9.21. The third-order valence-electron chi connectivity index (χ3n) is 8.19. The standard InChI is InChI=1S/C36H37N5O2S/c1-26-11-8-16-30(23-26)41-33(24-28-12-4-3-5-13-28)37-38-36(41)44-22-10-19-34(42)39-20-21-40(27(2)25-39)35(43)32-18-9-15-29-14-6-7-17-31(29)32/h3-9,11-18,23,27H,10,19-22,24-25H2,1-2H3. The molecule has 0 N–H and O–H groups in total. The first-order valence-electron chi connectivity index (χ1n) is 15.2. The van der Waals surface area contributed by atoms with Gasteiger partial charge in [0.2, 0.25) is 5.91 Å². The van der Waals surface area contributed by atoms with E-state index in [0.29, 0.717) is 32.5 Å². The molecule has 1 aliphatic rings. The molecule has 5 aromatic rings. The van der Waals surface area contributed by atoms with Crippen LogP contribution in [0.25, 0.3) is 16.5 Å². The molecule has 6 rings (SSSR count). The number of rotatable bonds is 9. The summed E-state index contributed by atoms with van der Waals surface area (Å²) < 4.78 is 2.14. The van der Waals surface area contributed by atoms with Crippen LogP contribution in [0.15, 0.2) is 102 Å². The number of fused-ring (bicyclic) bond motifs is 1. The average molecular weight is 604 g/mol. The Morgan fingerprint density at radius 1 is 0.886 bits per heavy atom. The van der Waals surface area contributed by atoms with E-state index >= 15 is 0 Å². The van der Waals surface area contributed by atoms with Crippen LogP contribution in [0, 0.1) is 6.92 Å². The summed E-state index contributed by atoms with van der Waals surface area (Å²) in [7, 11) is 0. The number of carbonyl (C=O) groups is 2. The van der Waals surface area contributed by atoms with Crippen molar-refractivity contribution in [3.8, 4) is 5.69 Å². The maximum Gasteiger partial charge on any atom is 0.254 e. The Labute approximate surface area is 262 Å². The molecule has 1 fully saturated rings. The zero-order valence-corrected chi connectivity index (χ0v) is 26.0. The topological polar surface area (TPSA) is 71.3 Å². The number of hydrogen-bond donors (Lipinski definition) is 0. The maximum atomic E-state index is 13.5. The Hall–Kier alpha value is -4.43. The van der Waals surface area contributed by atoms with Gasteiger partial charge in [0.05, 0.1) is 0 Å². The summed E-state index contributed by atoms with van der Waals surface area (Å²) in [5.74, 6) is 1.82.